The molecule has 1 N–H and O–H groups in total. The lowest BCUT2D eigenvalue weighted by Gasteiger charge is -2.36. The van der Waals surface area contributed by atoms with Gasteiger partial charge in [0, 0.05) is 12.3 Å². The summed E-state index contributed by atoms with van der Waals surface area (Å²) in [5.74, 6) is 0.464. The molecule has 3 heteroatoms. The predicted octanol–water partition coefficient (Wildman–Crippen LogP) is 4.22. The average molecular weight is 295 g/mol. The number of carbonyl (C=O) groups excluding carboxylic acids is 1. The Morgan fingerprint density at radius 3 is 2.48 bits per heavy atom. The Kier molecular flexibility index (Phi) is 8.67. The lowest BCUT2D eigenvalue weighted by molar-refractivity contribution is -0.162. The predicted molar refractivity (Wildman–Crippen MR) is 88.3 cm³/mol. The molecule has 0 unspecified atom stereocenters. The highest BCUT2D eigenvalue weighted by atomic mass is 16.6. The molecule has 0 bridgehead atoms. The fourth-order valence-electron chi connectivity index (χ4n) is 3.03. The summed E-state index contributed by atoms with van der Waals surface area (Å²) in [6.07, 6.45) is 11.6. The molecule has 0 saturated carbocycles. The summed E-state index contributed by atoms with van der Waals surface area (Å²) in [4.78, 5) is 12.0. The Morgan fingerprint density at radius 1 is 1.19 bits per heavy atom. The Balaban J connectivity index is 2.12. The van der Waals surface area contributed by atoms with Crippen LogP contribution in [0.25, 0.3) is 0 Å². The van der Waals surface area contributed by atoms with Crippen LogP contribution in [0.5, 0.6) is 0 Å². The number of unbranched alkanes of at least 4 members (excludes halogenated alkanes) is 5. The molecule has 1 rings (SSSR count). The Labute approximate surface area is 130 Å². The minimum atomic E-state index is -0.316. The number of nitrogens with one attached hydrogen (secondary N) is 1. The highest BCUT2D eigenvalue weighted by molar-refractivity contribution is 5.69. The molecular formula is C18H33NO2. The molecule has 1 aliphatic rings. The molecule has 0 atom stereocenters. The summed E-state index contributed by atoms with van der Waals surface area (Å²) in [6, 6.07) is 0. The van der Waals surface area contributed by atoms with E-state index in [4.69, 9.17) is 4.74 Å². The van der Waals surface area contributed by atoms with Crippen LogP contribution in [0, 0.1) is 5.92 Å². The first-order valence-corrected chi connectivity index (χ1v) is 8.59. The van der Waals surface area contributed by atoms with Gasteiger partial charge in [-0.15, -0.1) is 6.58 Å². The molecule has 1 fully saturated rings. The maximum absolute atomic E-state index is 12.0. The molecule has 0 aliphatic carbocycles. The zero-order valence-corrected chi connectivity index (χ0v) is 14.0. The largest absolute Gasteiger partial charge is 0.459 e. The fourth-order valence-corrected chi connectivity index (χ4v) is 3.03. The number of hydrogen-bond donors (Lipinski definition) is 1. The maximum Gasteiger partial charge on any atom is 0.306 e. The number of rotatable bonds is 10. The van der Waals surface area contributed by atoms with Crippen molar-refractivity contribution in [2.24, 2.45) is 5.92 Å². The van der Waals surface area contributed by atoms with Crippen molar-refractivity contribution in [2.45, 2.75) is 77.2 Å². The SMILES string of the molecule is C=CCCCCCCCC(=O)OC(C)(C)C1CCNCC1. The van der Waals surface area contributed by atoms with Gasteiger partial charge in [-0.3, -0.25) is 4.79 Å². The van der Waals surface area contributed by atoms with Crippen LogP contribution in [0.2, 0.25) is 0 Å². The molecule has 0 radical (unpaired) electrons. The van der Waals surface area contributed by atoms with Crippen molar-refractivity contribution in [2.75, 3.05) is 13.1 Å². The van der Waals surface area contributed by atoms with E-state index in [0.717, 1.165) is 45.2 Å². The maximum atomic E-state index is 12.0. The van der Waals surface area contributed by atoms with Gasteiger partial charge in [-0.05, 0) is 59.0 Å². The van der Waals surface area contributed by atoms with Gasteiger partial charge in [0.25, 0.3) is 0 Å². The van der Waals surface area contributed by atoms with Gasteiger partial charge >= 0.3 is 5.97 Å². The van der Waals surface area contributed by atoms with Crippen LogP contribution in [0.4, 0.5) is 0 Å². The van der Waals surface area contributed by atoms with Crippen LogP contribution in [-0.2, 0) is 9.53 Å². The third-order valence-electron chi connectivity index (χ3n) is 4.49. The topological polar surface area (TPSA) is 38.3 Å². The fraction of sp³-hybridized carbons (Fsp3) is 0.833. The van der Waals surface area contributed by atoms with Crippen molar-refractivity contribution >= 4 is 5.97 Å². The lowest BCUT2D eigenvalue weighted by atomic mass is 9.83. The molecule has 0 aromatic rings. The van der Waals surface area contributed by atoms with Gasteiger partial charge in [-0.25, -0.2) is 0 Å². The molecule has 0 amide bonds. The van der Waals surface area contributed by atoms with Crippen molar-refractivity contribution in [3.63, 3.8) is 0 Å². The summed E-state index contributed by atoms with van der Waals surface area (Å²) in [5, 5.41) is 3.36. The monoisotopic (exact) mass is 295 g/mol. The van der Waals surface area contributed by atoms with Crippen LogP contribution < -0.4 is 5.32 Å². The summed E-state index contributed by atoms with van der Waals surface area (Å²) in [7, 11) is 0. The zero-order chi connectivity index (χ0) is 15.6. The van der Waals surface area contributed by atoms with Gasteiger partial charge in [0.05, 0.1) is 0 Å². The lowest BCUT2D eigenvalue weighted by Crippen LogP contribution is -2.42. The quantitative estimate of drug-likeness (QED) is 0.372. The van der Waals surface area contributed by atoms with Gasteiger partial charge in [0.2, 0.25) is 0 Å². The summed E-state index contributed by atoms with van der Waals surface area (Å²) in [5.41, 5.74) is -0.316. The van der Waals surface area contributed by atoms with E-state index >= 15 is 0 Å². The van der Waals surface area contributed by atoms with Gasteiger partial charge in [0.15, 0.2) is 0 Å². The number of hydrogen-bond acceptors (Lipinski definition) is 3. The van der Waals surface area contributed by atoms with E-state index in [0.29, 0.717) is 12.3 Å². The van der Waals surface area contributed by atoms with Crippen LogP contribution in [0.1, 0.15) is 71.6 Å². The summed E-state index contributed by atoms with van der Waals surface area (Å²) in [6.45, 7) is 9.93. The molecule has 122 valence electrons. The molecule has 3 nitrogen and oxygen atoms in total. The third kappa shape index (κ3) is 7.66. The number of ether oxygens (including phenoxy) is 1. The molecule has 0 aromatic carbocycles. The molecule has 21 heavy (non-hydrogen) atoms. The second kappa shape index (κ2) is 9.99. The average Bonchev–Trinajstić information content (AvgIpc) is 2.47. The van der Waals surface area contributed by atoms with Crippen molar-refractivity contribution in [1.82, 2.24) is 5.32 Å². The van der Waals surface area contributed by atoms with E-state index in [2.05, 4.69) is 25.7 Å². The van der Waals surface area contributed by atoms with Crippen LogP contribution in [-0.4, -0.2) is 24.7 Å². The van der Waals surface area contributed by atoms with Crippen molar-refractivity contribution in [3.05, 3.63) is 12.7 Å². The molecule has 0 aromatic heterocycles. The van der Waals surface area contributed by atoms with E-state index in [-0.39, 0.29) is 11.6 Å². The highest BCUT2D eigenvalue weighted by Crippen LogP contribution is 2.29. The summed E-state index contributed by atoms with van der Waals surface area (Å²) < 4.78 is 5.74. The second-order valence-electron chi connectivity index (χ2n) is 6.70. The number of esters is 1. The van der Waals surface area contributed by atoms with E-state index in [1.54, 1.807) is 0 Å². The molecule has 1 heterocycles. The van der Waals surface area contributed by atoms with Gasteiger partial charge in [-0.2, -0.15) is 0 Å². The van der Waals surface area contributed by atoms with Crippen molar-refractivity contribution < 1.29 is 9.53 Å². The standard InChI is InChI=1S/C18H33NO2/c1-4-5-6-7-8-9-10-11-17(20)21-18(2,3)16-12-14-19-15-13-16/h4,16,19H,1,5-15H2,2-3H3. The minimum absolute atomic E-state index is 0.0235. The van der Waals surface area contributed by atoms with E-state index in [9.17, 15) is 4.79 Å². The molecule has 0 spiro atoms. The molecule has 1 aliphatic heterocycles. The van der Waals surface area contributed by atoms with Crippen molar-refractivity contribution in [1.29, 1.82) is 0 Å². The number of allylic oxidation sites excluding steroid dienone is 1. The van der Waals surface area contributed by atoms with E-state index in [1.165, 1.54) is 19.3 Å². The Morgan fingerprint density at radius 2 is 1.81 bits per heavy atom. The Hall–Kier alpha value is -0.830. The molecule has 1 saturated heterocycles. The van der Waals surface area contributed by atoms with Crippen LogP contribution in [0.3, 0.4) is 0 Å². The normalized spacial score (nSPS) is 16.7. The van der Waals surface area contributed by atoms with E-state index < -0.39 is 0 Å². The van der Waals surface area contributed by atoms with Crippen molar-refractivity contribution in [3.8, 4) is 0 Å². The molecular weight excluding hydrogens is 262 g/mol. The first-order valence-electron chi connectivity index (χ1n) is 8.59. The number of piperidine rings is 1. The first kappa shape index (κ1) is 18.2. The zero-order valence-electron chi connectivity index (χ0n) is 14.0. The Bertz CT molecular complexity index is 306. The summed E-state index contributed by atoms with van der Waals surface area (Å²) >= 11 is 0. The van der Waals surface area contributed by atoms with Gasteiger partial charge < -0.3 is 10.1 Å². The first-order chi connectivity index (χ1) is 10.1. The van der Waals surface area contributed by atoms with Crippen LogP contribution in [0.15, 0.2) is 12.7 Å². The third-order valence-corrected chi connectivity index (χ3v) is 4.49. The van der Waals surface area contributed by atoms with Crippen LogP contribution >= 0.6 is 0 Å². The van der Waals surface area contributed by atoms with E-state index in [1.807, 2.05) is 6.08 Å². The smallest absolute Gasteiger partial charge is 0.306 e. The van der Waals surface area contributed by atoms with Gasteiger partial charge in [0.1, 0.15) is 5.60 Å². The minimum Gasteiger partial charge on any atom is -0.459 e. The second-order valence-corrected chi connectivity index (χ2v) is 6.70. The number of carbonyl (C=O) groups is 1. The van der Waals surface area contributed by atoms with Gasteiger partial charge in [-0.1, -0.05) is 25.3 Å². The highest BCUT2D eigenvalue weighted by Gasteiger charge is 2.33.